The molecule has 2 rings (SSSR count). The molecule has 0 aliphatic heterocycles. The molecule has 1 atom stereocenters. The van der Waals surface area contributed by atoms with Gasteiger partial charge in [0.2, 0.25) is 0 Å². The van der Waals surface area contributed by atoms with Crippen molar-refractivity contribution in [2.24, 2.45) is 0 Å². The fourth-order valence-electron chi connectivity index (χ4n) is 2.02. The summed E-state index contributed by atoms with van der Waals surface area (Å²) in [7, 11) is 0. The minimum absolute atomic E-state index is 0.254. The minimum atomic E-state index is -0.643. The molecule has 1 aromatic carbocycles. The number of hydrogen-bond acceptors (Lipinski definition) is 3. The Bertz CT molecular complexity index is 619. The Kier molecular flexibility index (Phi) is 4.52. The maximum Gasteiger partial charge on any atom is 0.131 e. The van der Waals surface area contributed by atoms with Gasteiger partial charge in [-0.1, -0.05) is 24.6 Å². The van der Waals surface area contributed by atoms with Crippen LogP contribution in [-0.2, 0) is 0 Å². The molecule has 3 N–H and O–H groups in total. The van der Waals surface area contributed by atoms with Crippen LogP contribution >= 0.6 is 11.6 Å². The number of hydrogen-bond donors (Lipinski definition) is 2. The highest BCUT2D eigenvalue weighted by atomic mass is 35.5. The second-order valence-corrected chi connectivity index (χ2v) is 4.72. The summed E-state index contributed by atoms with van der Waals surface area (Å²) in [5.41, 5.74) is 6.69. The Morgan fingerprint density at radius 1 is 1.30 bits per heavy atom. The summed E-state index contributed by atoms with van der Waals surface area (Å²) in [6.07, 6.45) is 1.42. The van der Waals surface area contributed by atoms with E-state index in [0.717, 1.165) is 6.07 Å². The first-order valence-corrected chi connectivity index (χ1v) is 6.50. The summed E-state index contributed by atoms with van der Waals surface area (Å²) in [4.78, 5) is 3.96. The van der Waals surface area contributed by atoms with Gasteiger partial charge in [0.25, 0.3) is 0 Å². The normalized spacial score (nSPS) is 12.4. The molecule has 2 aromatic rings. The van der Waals surface area contributed by atoms with Crippen molar-refractivity contribution in [2.75, 3.05) is 12.3 Å². The Labute approximate surface area is 120 Å². The van der Waals surface area contributed by atoms with Gasteiger partial charge in [0.1, 0.15) is 17.5 Å². The first kappa shape index (κ1) is 14.7. The molecule has 0 spiro atoms. The Hall–Kier alpha value is -1.72. The van der Waals surface area contributed by atoms with Crippen molar-refractivity contribution in [3.63, 3.8) is 0 Å². The lowest BCUT2D eigenvalue weighted by Crippen LogP contribution is -2.24. The van der Waals surface area contributed by atoms with Crippen LogP contribution in [0.15, 0.2) is 30.5 Å². The molecule has 0 saturated heterocycles. The summed E-state index contributed by atoms with van der Waals surface area (Å²) in [6.45, 7) is 2.45. The van der Waals surface area contributed by atoms with Crippen LogP contribution in [0.4, 0.5) is 14.6 Å². The molecule has 0 aliphatic rings. The van der Waals surface area contributed by atoms with Crippen LogP contribution in [0.1, 0.15) is 24.1 Å². The van der Waals surface area contributed by atoms with Gasteiger partial charge in [-0.05, 0) is 18.7 Å². The molecule has 0 aliphatic carbocycles. The van der Waals surface area contributed by atoms with Crippen LogP contribution in [0, 0.1) is 11.6 Å². The van der Waals surface area contributed by atoms with Gasteiger partial charge in [-0.3, -0.25) is 0 Å². The van der Waals surface area contributed by atoms with Crippen LogP contribution < -0.4 is 11.1 Å². The lowest BCUT2D eigenvalue weighted by atomic mass is 9.98. The van der Waals surface area contributed by atoms with E-state index in [9.17, 15) is 8.78 Å². The predicted molar refractivity (Wildman–Crippen MR) is 75.5 cm³/mol. The van der Waals surface area contributed by atoms with Crippen molar-refractivity contribution in [1.29, 1.82) is 0 Å². The van der Waals surface area contributed by atoms with Gasteiger partial charge in [-0.2, -0.15) is 0 Å². The molecule has 1 aromatic heterocycles. The maximum absolute atomic E-state index is 14.0. The van der Waals surface area contributed by atoms with Crippen molar-refractivity contribution < 1.29 is 8.78 Å². The van der Waals surface area contributed by atoms with E-state index >= 15 is 0 Å². The fraction of sp³-hybridized carbons (Fsp3) is 0.214. The zero-order valence-electron chi connectivity index (χ0n) is 10.8. The largest absolute Gasteiger partial charge is 0.383 e. The number of rotatable bonds is 4. The summed E-state index contributed by atoms with van der Waals surface area (Å²) in [6, 6.07) is 4.52. The molecule has 1 unspecified atom stereocenters. The van der Waals surface area contributed by atoms with Crippen molar-refractivity contribution in [3.8, 4) is 0 Å². The van der Waals surface area contributed by atoms with Crippen LogP contribution in [0.3, 0.4) is 0 Å². The van der Waals surface area contributed by atoms with Gasteiger partial charge >= 0.3 is 0 Å². The monoisotopic (exact) mass is 297 g/mol. The molecule has 6 heteroatoms. The van der Waals surface area contributed by atoms with Gasteiger partial charge in [0.05, 0.1) is 11.1 Å². The van der Waals surface area contributed by atoms with Gasteiger partial charge < -0.3 is 11.1 Å². The molecule has 0 saturated carbocycles. The van der Waals surface area contributed by atoms with Crippen molar-refractivity contribution in [3.05, 3.63) is 58.2 Å². The van der Waals surface area contributed by atoms with Crippen molar-refractivity contribution >= 4 is 17.4 Å². The van der Waals surface area contributed by atoms with Gasteiger partial charge in [0, 0.05) is 23.4 Å². The second-order valence-electron chi connectivity index (χ2n) is 4.28. The Morgan fingerprint density at radius 3 is 2.70 bits per heavy atom. The quantitative estimate of drug-likeness (QED) is 0.910. The molecule has 1 heterocycles. The highest BCUT2D eigenvalue weighted by Crippen LogP contribution is 2.29. The average molecular weight is 298 g/mol. The summed E-state index contributed by atoms with van der Waals surface area (Å²) >= 11 is 5.91. The van der Waals surface area contributed by atoms with Crippen LogP contribution in [0.2, 0.25) is 5.02 Å². The smallest absolute Gasteiger partial charge is 0.131 e. The van der Waals surface area contributed by atoms with Crippen LogP contribution in [0.5, 0.6) is 0 Å². The highest BCUT2D eigenvalue weighted by molar-refractivity contribution is 6.30. The highest BCUT2D eigenvalue weighted by Gasteiger charge is 2.20. The molecule has 3 nitrogen and oxygen atoms in total. The van der Waals surface area contributed by atoms with Gasteiger partial charge in [-0.15, -0.1) is 0 Å². The van der Waals surface area contributed by atoms with E-state index in [-0.39, 0.29) is 5.82 Å². The third-order valence-electron chi connectivity index (χ3n) is 2.91. The van der Waals surface area contributed by atoms with Crippen LogP contribution in [0.25, 0.3) is 0 Å². The predicted octanol–water partition coefficient (Wildman–Crippen LogP) is 3.29. The zero-order chi connectivity index (χ0) is 14.7. The standard InChI is InChI=1S/C14H14ClF2N3/c1-2-19-13(10-4-3-9(16)6-12(10)17)11-5-8(15)7-20-14(11)18/h3-7,13,19H,2H2,1H3,(H2,18,20). The number of halogens is 3. The number of aromatic nitrogens is 1. The first-order chi connectivity index (χ1) is 9.52. The molecule has 20 heavy (non-hydrogen) atoms. The summed E-state index contributed by atoms with van der Waals surface area (Å²) in [5.74, 6) is -1.02. The fourth-order valence-corrected chi connectivity index (χ4v) is 2.19. The van der Waals surface area contributed by atoms with Gasteiger partial charge in [-0.25, -0.2) is 13.8 Å². The first-order valence-electron chi connectivity index (χ1n) is 6.12. The van der Waals surface area contributed by atoms with E-state index in [0.29, 0.717) is 22.7 Å². The number of nitrogens with one attached hydrogen (secondary N) is 1. The van der Waals surface area contributed by atoms with E-state index < -0.39 is 17.7 Å². The SMILES string of the molecule is CCNC(c1ccc(F)cc1F)c1cc(Cl)cnc1N. The van der Waals surface area contributed by atoms with E-state index in [4.69, 9.17) is 17.3 Å². The van der Waals surface area contributed by atoms with E-state index in [1.54, 1.807) is 6.07 Å². The summed E-state index contributed by atoms with van der Waals surface area (Å²) in [5, 5.41) is 3.50. The third-order valence-corrected chi connectivity index (χ3v) is 3.12. The summed E-state index contributed by atoms with van der Waals surface area (Å²) < 4.78 is 27.0. The maximum atomic E-state index is 14.0. The topological polar surface area (TPSA) is 50.9 Å². The van der Waals surface area contributed by atoms with Crippen LogP contribution in [-0.4, -0.2) is 11.5 Å². The van der Waals surface area contributed by atoms with E-state index in [1.807, 2.05) is 6.92 Å². The molecule has 106 valence electrons. The number of anilines is 1. The second kappa shape index (κ2) is 6.15. The average Bonchev–Trinajstić information content (AvgIpc) is 2.40. The lowest BCUT2D eigenvalue weighted by Gasteiger charge is -2.20. The lowest BCUT2D eigenvalue weighted by molar-refractivity contribution is 0.541. The molecular formula is C14H14ClF2N3. The zero-order valence-corrected chi connectivity index (χ0v) is 11.6. The Morgan fingerprint density at radius 2 is 2.05 bits per heavy atom. The van der Waals surface area contributed by atoms with Crippen molar-refractivity contribution in [2.45, 2.75) is 13.0 Å². The van der Waals surface area contributed by atoms with Gasteiger partial charge in [0.15, 0.2) is 0 Å². The number of nitrogen functional groups attached to an aromatic ring is 1. The third kappa shape index (κ3) is 3.05. The minimum Gasteiger partial charge on any atom is -0.383 e. The molecule has 0 bridgehead atoms. The van der Waals surface area contributed by atoms with E-state index in [2.05, 4.69) is 10.3 Å². The Balaban J connectivity index is 2.53. The number of nitrogens with two attached hydrogens (primary N) is 1. The number of pyridine rings is 1. The molecular weight excluding hydrogens is 284 g/mol. The van der Waals surface area contributed by atoms with Crippen molar-refractivity contribution in [1.82, 2.24) is 10.3 Å². The number of nitrogens with zero attached hydrogens (tertiary/aromatic N) is 1. The number of benzene rings is 1. The molecule has 0 fully saturated rings. The van der Waals surface area contributed by atoms with E-state index in [1.165, 1.54) is 18.3 Å². The molecule has 0 amide bonds. The molecule has 0 radical (unpaired) electrons.